The van der Waals surface area contributed by atoms with Crippen LogP contribution in [0.2, 0.25) is 0 Å². The van der Waals surface area contributed by atoms with Gasteiger partial charge in [-0.2, -0.15) is 0 Å². The molecule has 0 saturated heterocycles. The molecule has 2 aliphatic rings. The summed E-state index contributed by atoms with van der Waals surface area (Å²) in [5, 5.41) is 13.9. The molecule has 158 valence electrons. The first-order chi connectivity index (χ1) is 14.7. The van der Waals surface area contributed by atoms with E-state index in [0.717, 1.165) is 47.6 Å². The van der Waals surface area contributed by atoms with Gasteiger partial charge >= 0.3 is 0 Å². The van der Waals surface area contributed by atoms with Crippen molar-refractivity contribution in [3.63, 3.8) is 0 Å². The molecule has 0 radical (unpaired) electrons. The fraction of sp³-hybridized carbons (Fsp3) is 0.391. The molecule has 2 unspecified atom stereocenters. The zero-order chi connectivity index (χ0) is 20.9. The lowest BCUT2D eigenvalue weighted by atomic mass is 9.97. The molecule has 2 aromatic carbocycles. The minimum Gasteiger partial charge on any atom is -0.493 e. The maximum Gasteiger partial charge on any atom is 0.255 e. The second-order valence-corrected chi connectivity index (χ2v) is 8.59. The van der Waals surface area contributed by atoms with Crippen molar-refractivity contribution in [3.05, 3.63) is 59.7 Å². The number of rotatable bonds is 7. The third-order valence-corrected chi connectivity index (χ3v) is 6.01. The van der Waals surface area contributed by atoms with E-state index >= 15 is 0 Å². The lowest BCUT2D eigenvalue weighted by Gasteiger charge is -2.44. The van der Waals surface area contributed by atoms with E-state index in [4.69, 9.17) is 9.84 Å². The summed E-state index contributed by atoms with van der Waals surface area (Å²) in [6.07, 6.45) is 3.03. The van der Waals surface area contributed by atoms with Gasteiger partial charge in [0.05, 0.1) is 6.61 Å². The molecule has 2 aromatic rings. The molecule has 0 aliphatic carbocycles. The van der Waals surface area contributed by atoms with Crippen molar-refractivity contribution in [2.24, 2.45) is 5.10 Å². The number of fused-ring (bicyclic) bond motifs is 3. The van der Waals surface area contributed by atoms with E-state index in [1.165, 1.54) is 11.8 Å². The molecule has 2 aliphatic heterocycles. The maximum atomic E-state index is 13.1. The Bertz CT molecular complexity index is 933. The van der Waals surface area contributed by atoms with Crippen molar-refractivity contribution in [2.45, 2.75) is 45.3 Å². The maximum absolute atomic E-state index is 13.1. The van der Waals surface area contributed by atoms with Crippen LogP contribution in [-0.4, -0.2) is 28.4 Å². The van der Waals surface area contributed by atoms with Crippen molar-refractivity contribution >= 4 is 28.5 Å². The highest BCUT2D eigenvalue weighted by Gasteiger charge is 2.42. The lowest BCUT2D eigenvalue weighted by Crippen LogP contribution is -2.51. The number of hydrogen-bond acceptors (Lipinski definition) is 6. The van der Waals surface area contributed by atoms with Gasteiger partial charge in [0.1, 0.15) is 11.9 Å². The molecule has 0 spiro atoms. The van der Waals surface area contributed by atoms with Gasteiger partial charge in [-0.25, -0.2) is 0 Å². The van der Waals surface area contributed by atoms with Gasteiger partial charge in [0.2, 0.25) is 0 Å². The van der Waals surface area contributed by atoms with Crippen LogP contribution in [0.5, 0.6) is 5.75 Å². The summed E-state index contributed by atoms with van der Waals surface area (Å²) in [4.78, 5) is 13.1. The summed E-state index contributed by atoms with van der Waals surface area (Å²) in [5.41, 5.74) is 2.85. The fourth-order valence-electron chi connectivity index (χ4n) is 3.85. The van der Waals surface area contributed by atoms with E-state index in [0.29, 0.717) is 11.8 Å². The number of carbonyl (C=O) groups is 1. The van der Waals surface area contributed by atoms with Gasteiger partial charge < -0.3 is 15.4 Å². The molecule has 2 heterocycles. The van der Waals surface area contributed by atoms with E-state index in [-0.39, 0.29) is 12.1 Å². The molecule has 6 nitrogen and oxygen atoms in total. The quantitative estimate of drug-likeness (QED) is 0.621. The number of anilines is 1. The van der Waals surface area contributed by atoms with Crippen LogP contribution in [-0.2, 0) is 4.79 Å². The molecule has 30 heavy (non-hydrogen) atoms. The normalized spacial score (nSPS) is 19.9. The first kappa shape index (κ1) is 20.6. The van der Waals surface area contributed by atoms with Gasteiger partial charge in [-0.3, -0.25) is 9.80 Å². The monoisotopic (exact) mass is 424 g/mol. The Morgan fingerprint density at radius 1 is 1.07 bits per heavy atom. The molecule has 0 fully saturated rings. The standard InChI is InChI=1S/C23H28N4O2S/c1-3-5-10-15-29-19-14-9-7-12-17(19)21-24-18-13-8-6-11-16(18)20-22(28)25-23(30-4-2)26-27(20)21/h6-9,11-14,20-21,24H,3-5,10,15H2,1-2H3,(H,25,26,28). The third kappa shape index (κ3) is 4.12. The van der Waals surface area contributed by atoms with E-state index in [1.54, 1.807) is 0 Å². The number of amides is 1. The van der Waals surface area contributed by atoms with Crippen LogP contribution in [0.25, 0.3) is 0 Å². The summed E-state index contributed by atoms with van der Waals surface area (Å²) in [6, 6.07) is 15.5. The summed E-state index contributed by atoms with van der Waals surface area (Å²) < 4.78 is 6.14. The van der Waals surface area contributed by atoms with Gasteiger partial charge in [0.25, 0.3) is 5.91 Å². The number of amidine groups is 1. The zero-order valence-corrected chi connectivity index (χ0v) is 18.2. The molecule has 0 aromatic heterocycles. The number of hydrazone groups is 1. The Balaban J connectivity index is 1.72. The molecular formula is C23H28N4O2S. The first-order valence-corrected chi connectivity index (χ1v) is 11.6. The average Bonchev–Trinajstić information content (AvgIpc) is 2.76. The highest BCUT2D eigenvalue weighted by molar-refractivity contribution is 8.13. The summed E-state index contributed by atoms with van der Waals surface area (Å²) in [7, 11) is 0. The Kier molecular flexibility index (Phi) is 6.47. The second-order valence-electron chi connectivity index (χ2n) is 7.34. The average molecular weight is 425 g/mol. The number of hydrogen-bond donors (Lipinski definition) is 2. The lowest BCUT2D eigenvalue weighted by molar-refractivity contribution is -0.127. The van der Waals surface area contributed by atoms with Crippen LogP contribution in [0.3, 0.4) is 0 Å². The van der Waals surface area contributed by atoms with E-state index in [1.807, 2.05) is 60.5 Å². The highest BCUT2D eigenvalue weighted by Crippen LogP contribution is 2.44. The zero-order valence-electron chi connectivity index (χ0n) is 17.4. The predicted molar refractivity (Wildman–Crippen MR) is 123 cm³/mol. The van der Waals surface area contributed by atoms with Crippen LogP contribution >= 0.6 is 11.8 Å². The van der Waals surface area contributed by atoms with E-state index in [2.05, 4.69) is 17.6 Å². The van der Waals surface area contributed by atoms with Crippen LogP contribution in [0.1, 0.15) is 56.4 Å². The summed E-state index contributed by atoms with van der Waals surface area (Å²) in [5.74, 6) is 1.61. The molecule has 0 saturated carbocycles. The Hall–Kier alpha value is -2.67. The van der Waals surface area contributed by atoms with Gasteiger partial charge in [0.15, 0.2) is 11.2 Å². The van der Waals surface area contributed by atoms with Crippen LogP contribution < -0.4 is 15.4 Å². The largest absolute Gasteiger partial charge is 0.493 e. The van der Waals surface area contributed by atoms with Crippen molar-refractivity contribution < 1.29 is 9.53 Å². The molecular weight excluding hydrogens is 396 g/mol. The third-order valence-electron chi connectivity index (χ3n) is 5.26. The molecule has 0 bridgehead atoms. The topological polar surface area (TPSA) is 66.0 Å². The smallest absolute Gasteiger partial charge is 0.255 e. The SMILES string of the molecule is CCCCCOc1ccccc1C1Nc2ccccc2C2C(=O)NC(SCC)=NN12. The van der Waals surface area contributed by atoms with E-state index < -0.39 is 6.04 Å². The highest BCUT2D eigenvalue weighted by atomic mass is 32.2. The van der Waals surface area contributed by atoms with Crippen molar-refractivity contribution in [3.8, 4) is 5.75 Å². The minimum atomic E-state index is -0.484. The number of nitrogens with one attached hydrogen (secondary N) is 2. The molecule has 7 heteroatoms. The molecule has 4 rings (SSSR count). The van der Waals surface area contributed by atoms with Crippen molar-refractivity contribution in [2.75, 3.05) is 17.7 Å². The van der Waals surface area contributed by atoms with Crippen LogP contribution in [0.4, 0.5) is 5.69 Å². The van der Waals surface area contributed by atoms with Gasteiger partial charge in [-0.1, -0.05) is 74.8 Å². The first-order valence-electron chi connectivity index (χ1n) is 10.6. The molecule has 1 amide bonds. The number of carbonyl (C=O) groups excluding carboxylic acids is 1. The second kappa shape index (κ2) is 9.43. The number of nitrogens with zero attached hydrogens (tertiary/aromatic N) is 2. The Labute approximate surface area is 182 Å². The van der Waals surface area contributed by atoms with Crippen LogP contribution in [0.15, 0.2) is 53.6 Å². The van der Waals surface area contributed by atoms with Crippen LogP contribution in [0, 0.1) is 0 Å². The Morgan fingerprint density at radius 2 is 1.83 bits per heavy atom. The minimum absolute atomic E-state index is 0.0544. The van der Waals surface area contributed by atoms with Crippen molar-refractivity contribution in [1.29, 1.82) is 0 Å². The van der Waals surface area contributed by atoms with Gasteiger partial charge in [-0.15, -0.1) is 5.10 Å². The number of unbranched alkanes of at least 4 members (excludes halogenated alkanes) is 2. The number of para-hydroxylation sites is 2. The number of ether oxygens (including phenoxy) is 1. The number of benzene rings is 2. The van der Waals surface area contributed by atoms with E-state index in [9.17, 15) is 4.79 Å². The number of thioether (sulfide) groups is 1. The van der Waals surface area contributed by atoms with Crippen molar-refractivity contribution in [1.82, 2.24) is 10.3 Å². The van der Waals surface area contributed by atoms with Gasteiger partial charge in [-0.05, 0) is 24.3 Å². The fourth-order valence-corrected chi connectivity index (χ4v) is 4.44. The summed E-state index contributed by atoms with van der Waals surface area (Å²) in [6.45, 7) is 4.91. The predicted octanol–water partition coefficient (Wildman–Crippen LogP) is 4.88. The van der Waals surface area contributed by atoms with Gasteiger partial charge in [0, 0.05) is 16.8 Å². The molecule has 2 N–H and O–H groups in total. The Morgan fingerprint density at radius 3 is 2.63 bits per heavy atom. The molecule has 2 atom stereocenters. The summed E-state index contributed by atoms with van der Waals surface area (Å²) >= 11 is 1.53.